The molecule has 1 rings (SSSR count). The molecule has 0 bridgehead atoms. The Balaban J connectivity index is 2.08. The zero-order valence-corrected chi connectivity index (χ0v) is 11.4. The molecule has 0 aromatic carbocycles. The number of thioether (sulfide) groups is 1. The molecule has 0 aliphatic carbocycles. The van der Waals surface area contributed by atoms with Crippen molar-refractivity contribution in [3.05, 3.63) is 0 Å². The molecule has 0 aromatic rings. The Morgan fingerprint density at radius 2 is 2.13 bits per heavy atom. The third-order valence-electron chi connectivity index (χ3n) is 3.46. The highest BCUT2D eigenvalue weighted by atomic mass is 32.2. The Kier molecular flexibility index (Phi) is 6.02. The lowest BCUT2D eigenvalue weighted by molar-refractivity contribution is 0.255. The third-order valence-corrected chi connectivity index (χ3v) is 4.60. The fraction of sp³-hybridized carbons (Fsp3) is 1.00. The van der Waals surface area contributed by atoms with Crippen molar-refractivity contribution in [3.8, 4) is 0 Å². The topological polar surface area (TPSA) is 15.3 Å². The largest absolute Gasteiger partial charge is 0.313 e. The van der Waals surface area contributed by atoms with Crippen LogP contribution in [0.4, 0.5) is 0 Å². The van der Waals surface area contributed by atoms with Crippen LogP contribution in [0.2, 0.25) is 0 Å². The summed E-state index contributed by atoms with van der Waals surface area (Å²) in [6, 6.07) is 1.46. The second-order valence-corrected chi connectivity index (χ2v) is 6.13. The maximum absolute atomic E-state index is 3.59. The molecule has 2 nitrogen and oxygen atoms in total. The summed E-state index contributed by atoms with van der Waals surface area (Å²) in [5.41, 5.74) is 0. The Morgan fingerprint density at radius 3 is 2.67 bits per heavy atom. The van der Waals surface area contributed by atoms with E-state index in [4.69, 9.17) is 0 Å². The van der Waals surface area contributed by atoms with Gasteiger partial charge in [0, 0.05) is 30.9 Å². The van der Waals surface area contributed by atoms with Crippen LogP contribution in [0.25, 0.3) is 0 Å². The van der Waals surface area contributed by atoms with Crippen molar-refractivity contribution in [2.45, 2.75) is 39.3 Å². The standard InChI is InChI=1S/C12H26N2S/c1-10(2)11(3)13-6-7-14(4)12-5-8-15-9-12/h10-13H,5-9H2,1-4H3. The Bertz CT molecular complexity index is 167. The smallest absolute Gasteiger partial charge is 0.0191 e. The summed E-state index contributed by atoms with van der Waals surface area (Å²) < 4.78 is 0. The highest BCUT2D eigenvalue weighted by Crippen LogP contribution is 2.20. The minimum atomic E-state index is 0.636. The second kappa shape index (κ2) is 6.77. The van der Waals surface area contributed by atoms with Gasteiger partial charge >= 0.3 is 0 Å². The maximum Gasteiger partial charge on any atom is 0.0191 e. The van der Waals surface area contributed by atoms with E-state index in [1.165, 1.54) is 24.5 Å². The molecule has 1 saturated heterocycles. The highest BCUT2D eigenvalue weighted by molar-refractivity contribution is 7.99. The fourth-order valence-electron chi connectivity index (χ4n) is 1.76. The summed E-state index contributed by atoms with van der Waals surface area (Å²) >= 11 is 2.09. The molecule has 0 amide bonds. The predicted octanol–water partition coefficient (Wildman–Crippen LogP) is 2.06. The van der Waals surface area contributed by atoms with Gasteiger partial charge in [-0.3, -0.25) is 0 Å². The number of nitrogens with zero attached hydrogens (tertiary/aromatic N) is 1. The Hall–Kier alpha value is 0.270. The number of hydrogen-bond acceptors (Lipinski definition) is 3. The van der Waals surface area contributed by atoms with Gasteiger partial charge < -0.3 is 10.2 Å². The highest BCUT2D eigenvalue weighted by Gasteiger charge is 2.19. The average Bonchev–Trinajstić information content (AvgIpc) is 2.70. The van der Waals surface area contributed by atoms with Crippen molar-refractivity contribution < 1.29 is 0 Å². The Morgan fingerprint density at radius 1 is 1.40 bits per heavy atom. The van der Waals surface area contributed by atoms with E-state index in [0.717, 1.165) is 18.5 Å². The van der Waals surface area contributed by atoms with E-state index in [2.05, 4.69) is 49.8 Å². The van der Waals surface area contributed by atoms with Gasteiger partial charge in [0.25, 0.3) is 0 Å². The van der Waals surface area contributed by atoms with Gasteiger partial charge in [0.05, 0.1) is 0 Å². The second-order valence-electron chi connectivity index (χ2n) is 4.98. The molecule has 1 heterocycles. The van der Waals surface area contributed by atoms with Gasteiger partial charge in [-0.05, 0) is 32.1 Å². The summed E-state index contributed by atoms with van der Waals surface area (Å²) in [6.45, 7) is 9.12. The van der Waals surface area contributed by atoms with Crippen LogP contribution in [0.3, 0.4) is 0 Å². The number of hydrogen-bond donors (Lipinski definition) is 1. The molecular weight excluding hydrogens is 204 g/mol. The van der Waals surface area contributed by atoms with Crippen LogP contribution in [-0.4, -0.2) is 48.6 Å². The molecular formula is C12H26N2S. The van der Waals surface area contributed by atoms with E-state index < -0.39 is 0 Å². The molecule has 0 spiro atoms. The lowest BCUT2D eigenvalue weighted by atomic mass is 10.1. The van der Waals surface area contributed by atoms with Crippen LogP contribution >= 0.6 is 11.8 Å². The van der Waals surface area contributed by atoms with Crippen molar-refractivity contribution in [2.75, 3.05) is 31.6 Å². The lowest BCUT2D eigenvalue weighted by Crippen LogP contribution is -2.40. The van der Waals surface area contributed by atoms with E-state index in [9.17, 15) is 0 Å². The minimum absolute atomic E-state index is 0.636. The third kappa shape index (κ3) is 4.75. The van der Waals surface area contributed by atoms with Crippen molar-refractivity contribution in [1.82, 2.24) is 10.2 Å². The van der Waals surface area contributed by atoms with Gasteiger partial charge in [0.15, 0.2) is 0 Å². The molecule has 90 valence electrons. The summed E-state index contributed by atoms with van der Waals surface area (Å²) in [4.78, 5) is 2.51. The van der Waals surface area contributed by atoms with Crippen molar-refractivity contribution in [3.63, 3.8) is 0 Å². The van der Waals surface area contributed by atoms with Gasteiger partial charge in [-0.2, -0.15) is 11.8 Å². The molecule has 1 N–H and O–H groups in total. The number of nitrogens with one attached hydrogen (secondary N) is 1. The molecule has 2 unspecified atom stereocenters. The summed E-state index contributed by atoms with van der Waals surface area (Å²) in [7, 11) is 2.26. The molecule has 1 aliphatic heterocycles. The number of rotatable bonds is 6. The molecule has 3 heteroatoms. The van der Waals surface area contributed by atoms with Gasteiger partial charge in [-0.15, -0.1) is 0 Å². The van der Waals surface area contributed by atoms with E-state index in [-0.39, 0.29) is 0 Å². The summed E-state index contributed by atoms with van der Waals surface area (Å²) in [5.74, 6) is 3.42. The molecule has 1 fully saturated rings. The SMILES string of the molecule is CC(C)C(C)NCCN(C)C1CCSC1. The zero-order valence-electron chi connectivity index (χ0n) is 10.6. The maximum atomic E-state index is 3.59. The van der Waals surface area contributed by atoms with Gasteiger partial charge in [0.1, 0.15) is 0 Å². The molecule has 15 heavy (non-hydrogen) atoms. The summed E-state index contributed by atoms with van der Waals surface area (Å²) in [5, 5.41) is 3.59. The van der Waals surface area contributed by atoms with E-state index in [0.29, 0.717) is 6.04 Å². The molecule has 2 atom stereocenters. The first-order chi connectivity index (χ1) is 7.11. The van der Waals surface area contributed by atoms with Crippen LogP contribution in [0.15, 0.2) is 0 Å². The zero-order chi connectivity index (χ0) is 11.3. The quantitative estimate of drug-likeness (QED) is 0.752. The van der Waals surface area contributed by atoms with E-state index >= 15 is 0 Å². The molecule has 1 aliphatic rings. The first kappa shape index (κ1) is 13.3. The van der Waals surface area contributed by atoms with Gasteiger partial charge in [-0.25, -0.2) is 0 Å². The van der Waals surface area contributed by atoms with Crippen LogP contribution in [-0.2, 0) is 0 Å². The average molecular weight is 230 g/mol. The molecule has 0 saturated carbocycles. The Labute approximate surface area is 99.2 Å². The van der Waals surface area contributed by atoms with Crippen LogP contribution in [0, 0.1) is 5.92 Å². The van der Waals surface area contributed by atoms with Gasteiger partial charge in [0.2, 0.25) is 0 Å². The molecule has 0 aromatic heterocycles. The van der Waals surface area contributed by atoms with Gasteiger partial charge in [-0.1, -0.05) is 13.8 Å². The normalized spacial score (nSPS) is 24.0. The first-order valence-electron chi connectivity index (χ1n) is 6.12. The van der Waals surface area contributed by atoms with E-state index in [1.54, 1.807) is 0 Å². The van der Waals surface area contributed by atoms with Crippen LogP contribution < -0.4 is 5.32 Å². The lowest BCUT2D eigenvalue weighted by Gasteiger charge is -2.25. The fourth-order valence-corrected chi connectivity index (χ4v) is 3.06. The monoisotopic (exact) mass is 230 g/mol. The summed E-state index contributed by atoms with van der Waals surface area (Å²) in [6.07, 6.45) is 1.38. The number of likely N-dealkylation sites (N-methyl/N-ethyl adjacent to an activating group) is 1. The van der Waals surface area contributed by atoms with E-state index in [1.807, 2.05) is 0 Å². The molecule has 0 radical (unpaired) electrons. The van der Waals surface area contributed by atoms with Crippen molar-refractivity contribution in [1.29, 1.82) is 0 Å². The van der Waals surface area contributed by atoms with Crippen LogP contribution in [0.1, 0.15) is 27.2 Å². The van der Waals surface area contributed by atoms with Crippen molar-refractivity contribution >= 4 is 11.8 Å². The van der Waals surface area contributed by atoms with Crippen LogP contribution in [0.5, 0.6) is 0 Å². The minimum Gasteiger partial charge on any atom is -0.313 e. The van der Waals surface area contributed by atoms with Crippen molar-refractivity contribution in [2.24, 2.45) is 5.92 Å². The first-order valence-corrected chi connectivity index (χ1v) is 7.28. The predicted molar refractivity (Wildman–Crippen MR) is 70.7 cm³/mol.